The van der Waals surface area contributed by atoms with E-state index in [0.29, 0.717) is 19.5 Å². The van der Waals surface area contributed by atoms with Gasteiger partial charge < -0.3 is 15.2 Å². The molecule has 0 aliphatic carbocycles. The Kier molecular flexibility index (Phi) is 4.32. The molecule has 122 valence electrons. The lowest BCUT2D eigenvalue weighted by atomic mass is 10.1. The number of carbonyl (C=O) groups excluding carboxylic acids is 2. The largest absolute Gasteiger partial charge is 0.361 e. The van der Waals surface area contributed by atoms with E-state index in [4.69, 9.17) is 0 Å². The van der Waals surface area contributed by atoms with Gasteiger partial charge in [0.25, 0.3) is 0 Å². The van der Waals surface area contributed by atoms with E-state index in [1.165, 1.54) is 19.1 Å². The summed E-state index contributed by atoms with van der Waals surface area (Å²) in [6.07, 6.45) is 4.08. The fraction of sp³-hybridized carbons (Fsp3) is 0.412. The van der Waals surface area contributed by atoms with Gasteiger partial charge in [-0.15, -0.1) is 0 Å². The zero-order chi connectivity index (χ0) is 16.4. The molecule has 2 amide bonds. The van der Waals surface area contributed by atoms with Crippen LogP contribution in [-0.2, 0) is 16.0 Å². The Morgan fingerprint density at radius 2 is 2.26 bits per heavy atom. The Labute approximate surface area is 133 Å². The number of aromatic nitrogens is 1. The molecule has 0 saturated carbocycles. The van der Waals surface area contributed by atoms with Crippen molar-refractivity contribution in [3.8, 4) is 0 Å². The number of aromatic amines is 1. The van der Waals surface area contributed by atoms with Crippen molar-refractivity contribution in [1.82, 2.24) is 15.2 Å². The van der Waals surface area contributed by atoms with E-state index < -0.39 is 0 Å². The molecule has 1 aromatic carbocycles. The molecule has 1 aromatic heterocycles. The average Bonchev–Trinajstić information content (AvgIpc) is 3.14. The Bertz CT molecular complexity index is 741. The van der Waals surface area contributed by atoms with E-state index in [9.17, 15) is 14.0 Å². The monoisotopic (exact) mass is 317 g/mol. The number of benzene rings is 1. The lowest BCUT2D eigenvalue weighted by molar-refractivity contribution is -0.136. The number of hydrogen-bond donors (Lipinski definition) is 2. The van der Waals surface area contributed by atoms with Gasteiger partial charge in [-0.25, -0.2) is 4.39 Å². The van der Waals surface area contributed by atoms with Crippen LogP contribution in [0.4, 0.5) is 4.39 Å². The molecule has 0 unspecified atom stereocenters. The van der Waals surface area contributed by atoms with Crippen LogP contribution in [0.2, 0.25) is 0 Å². The highest BCUT2D eigenvalue weighted by Crippen LogP contribution is 2.20. The summed E-state index contributed by atoms with van der Waals surface area (Å²) < 4.78 is 13.2. The van der Waals surface area contributed by atoms with Gasteiger partial charge in [0, 0.05) is 37.1 Å². The van der Waals surface area contributed by atoms with Crippen molar-refractivity contribution in [2.45, 2.75) is 32.2 Å². The van der Waals surface area contributed by atoms with Crippen molar-refractivity contribution in [2.75, 3.05) is 13.1 Å². The van der Waals surface area contributed by atoms with Crippen LogP contribution in [0.3, 0.4) is 0 Å². The molecule has 0 spiro atoms. The predicted molar refractivity (Wildman–Crippen MR) is 85.4 cm³/mol. The lowest BCUT2D eigenvalue weighted by Crippen LogP contribution is -2.45. The first-order valence-electron chi connectivity index (χ1n) is 7.86. The fourth-order valence-corrected chi connectivity index (χ4v) is 3.22. The molecule has 1 fully saturated rings. The highest BCUT2D eigenvalue weighted by Gasteiger charge is 2.31. The molecule has 1 aliphatic heterocycles. The Balaban J connectivity index is 1.58. The molecule has 1 saturated heterocycles. The fourth-order valence-electron chi connectivity index (χ4n) is 3.22. The van der Waals surface area contributed by atoms with Gasteiger partial charge in [0.05, 0.1) is 0 Å². The summed E-state index contributed by atoms with van der Waals surface area (Å²) in [6, 6.07) is 4.29. The Morgan fingerprint density at radius 1 is 1.43 bits per heavy atom. The number of amides is 2. The van der Waals surface area contributed by atoms with Gasteiger partial charge in [0.2, 0.25) is 11.8 Å². The van der Waals surface area contributed by atoms with Crippen molar-refractivity contribution >= 4 is 22.7 Å². The molecule has 6 heteroatoms. The number of nitrogens with one attached hydrogen (secondary N) is 2. The molecule has 5 nitrogen and oxygen atoms in total. The maximum Gasteiger partial charge on any atom is 0.242 e. The molecule has 2 aromatic rings. The van der Waals surface area contributed by atoms with Crippen LogP contribution in [0.1, 0.15) is 25.3 Å². The quantitative estimate of drug-likeness (QED) is 0.905. The minimum Gasteiger partial charge on any atom is -0.361 e. The molecular weight excluding hydrogens is 297 g/mol. The van der Waals surface area contributed by atoms with Gasteiger partial charge in [-0.3, -0.25) is 9.59 Å². The minimum atomic E-state index is -0.343. The first kappa shape index (κ1) is 15.5. The van der Waals surface area contributed by atoms with Crippen molar-refractivity contribution in [3.05, 3.63) is 35.8 Å². The highest BCUT2D eigenvalue weighted by molar-refractivity contribution is 5.87. The maximum absolute atomic E-state index is 13.2. The summed E-state index contributed by atoms with van der Waals surface area (Å²) in [4.78, 5) is 28.4. The van der Waals surface area contributed by atoms with E-state index in [2.05, 4.69) is 10.3 Å². The van der Waals surface area contributed by atoms with Crippen molar-refractivity contribution in [1.29, 1.82) is 0 Å². The average molecular weight is 317 g/mol. The lowest BCUT2D eigenvalue weighted by Gasteiger charge is -2.22. The number of halogens is 1. The summed E-state index contributed by atoms with van der Waals surface area (Å²) >= 11 is 0. The van der Waals surface area contributed by atoms with Crippen LogP contribution >= 0.6 is 0 Å². The first-order chi connectivity index (χ1) is 11.1. The van der Waals surface area contributed by atoms with Crippen LogP contribution in [-0.4, -0.2) is 40.8 Å². The van der Waals surface area contributed by atoms with Gasteiger partial charge in [0.1, 0.15) is 11.9 Å². The highest BCUT2D eigenvalue weighted by atomic mass is 19.1. The van der Waals surface area contributed by atoms with Gasteiger partial charge in [-0.1, -0.05) is 0 Å². The summed E-state index contributed by atoms with van der Waals surface area (Å²) in [5.74, 6) is -0.422. The summed E-state index contributed by atoms with van der Waals surface area (Å²) in [7, 11) is 0. The summed E-state index contributed by atoms with van der Waals surface area (Å²) in [6.45, 7) is 2.64. The predicted octanol–water partition coefficient (Wildman–Crippen LogP) is 1.98. The van der Waals surface area contributed by atoms with E-state index in [-0.39, 0.29) is 23.7 Å². The van der Waals surface area contributed by atoms with Gasteiger partial charge in [-0.2, -0.15) is 0 Å². The summed E-state index contributed by atoms with van der Waals surface area (Å²) in [5.41, 5.74) is 1.79. The summed E-state index contributed by atoms with van der Waals surface area (Å²) in [5, 5.41) is 3.87. The maximum atomic E-state index is 13.2. The molecule has 23 heavy (non-hydrogen) atoms. The zero-order valence-electron chi connectivity index (χ0n) is 13.1. The third kappa shape index (κ3) is 3.21. The second kappa shape index (κ2) is 6.40. The number of hydrogen-bond acceptors (Lipinski definition) is 2. The van der Waals surface area contributed by atoms with E-state index in [0.717, 1.165) is 29.3 Å². The number of fused-ring (bicyclic) bond motifs is 1. The van der Waals surface area contributed by atoms with Crippen LogP contribution in [0.25, 0.3) is 10.9 Å². The zero-order valence-corrected chi connectivity index (χ0v) is 13.1. The molecule has 1 atom stereocenters. The Morgan fingerprint density at radius 3 is 3.04 bits per heavy atom. The molecular formula is C17H20FN3O2. The smallest absolute Gasteiger partial charge is 0.242 e. The number of rotatable bonds is 4. The number of likely N-dealkylation sites (tertiary alicyclic amines) is 1. The van der Waals surface area contributed by atoms with Gasteiger partial charge >= 0.3 is 0 Å². The van der Waals surface area contributed by atoms with Crippen molar-refractivity contribution in [3.63, 3.8) is 0 Å². The number of nitrogens with zero attached hydrogens (tertiary/aromatic N) is 1. The van der Waals surface area contributed by atoms with Crippen LogP contribution in [0, 0.1) is 5.82 Å². The normalized spacial score (nSPS) is 17.7. The first-order valence-corrected chi connectivity index (χ1v) is 7.86. The minimum absolute atomic E-state index is 0.0543. The standard InChI is InChI=1S/C17H20FN3O2/c1-11(22)21-8-2-3-16(21)17(23)19-7-6-12-10-20-15-9-13(18)4-5-14(12)15/h4-5,9-10,16,20H,2-3,6-8H2,1H3,(H,19,23)/t16-/m0/s1. The van der Waals surface area contributed by atoms with Crippen LogP contribution in [0.5, 0.6) is 0 Å². The SMILES string of the molecule is CC(=O)N1CCC[C@H]1C(=O)NCCc1c[nH]c2cc(F)ccc12. The van der Waals surface area contributed by atoms with Crippen molar-refractivity contribution < 1.29 is 14.0 Å². The molecule has 2 N–H and O–H groups in total. The van der Waals surface area contributed by atoms with E-state index in [1.54, 1.807) is 11.0 Å². The van der Waals surface area contributed by atoms with Crippen LogP contribution < -0.4 is 5.32 Å². The second-order valence-electron chi connectivity index (χ2n) is 5.92. The molecule has 0 bridgehead atoms. The second-order valence-corrected chi connectivity index (χ2v) is 5.92. The number of H-pyrrole nitrogens is 1. The Hall–Kier alpha value is -2.37. The van der Waals surface area contributed by atoms with Gasteiger partial charge in [-0.05, 0) is 43.0 Å². The third-order valence-corrected chi connectivity index (χ3v) is 4.38. The number of carbonyl (C=O) groups is 2. The topological polar surface area (TPSA) is 65.2 Å². The molecule has 3 rings (SSSR count). The van der Waals surface area contributed by atoms with Gasteiger partial charge in [0.15, 0.2) is 0 Å². The molecule has 1 aliphatic rings. The molecule has 0 radical (unpaired) electrons. The van der Waals surface area contributed by atoms with E-state index in [1.807, 2.05) is 6.20 Å². The third-order valence-electron chi connectivity index (χ3n) is 4.38. The van der Waals surface area contributed by atoms with Crippen LogP contribution in [0.15, 0.2) is 24.4 Å². The van der Waals surface area contributed by atoms with E-state index >= 15 is 0 Å². The van der Waals surface area contributed by atoms with Crippen molar-refractivity contribution in [2.24, 2.45) is 0 Å². The molecule has 2 heterocycles.